The summed E-state index contributed by atoms with van der Waals surface area (Å²) in [6.07, 6.45) is 5.10. The first-order chi connectivity index (χ1) is 23.0. The quantitative estimate of drug-likeness (QED) is 0.106. The van der Waals surface area contributed by atoms with E-state index in [0.29, 0.717) is 0 Å². The molecule has 47 heavy (non-hydrogen) atoms. The molecule has 0 heterocycles. The molecule has 0 saturated heterocycles. The Hall–Kier alpha value is -5.00. The van der Waals surface area contributed by atoms with Crippen molar-refractivity contribution < 1.29 is 0 Å². The molecule has 0 fully saturated rings. The standard InChI is InChI=1S/C30H18.C8H6.C6H3Br3/c1-4-10-25(11-5-1)16-17-28-20-22-29(21-18-26-12-6-2-7-13-26)30(24-28)23-19-27-14-8-3-9-15-27;1-2-8-6-4-3-5-7-8;7-4-1-2-5(8)6(9)3-4/h1-15,20,22,24H;1,3-7H;1-3H. The molecule has 0 saturated carbocycles. The summed E-state index contributed by atoms with van der Waals surface area (Å²) in [7, 11) is 0. The van der Waals surface area contributed by atoms with E-state index in [1.54, 1.807) is 0 Å². The minimum atomic E-state index is 0.877. The summed E-state index contributed by atoms with van der Waals surface area (Å²) in [6, 6.07) is 51.5. The van der Waals surface area contributed by atoms with Crippen LogP contribution in [0.1, 0.15) is 38.9 Å². The van der Waals surface area contributed by atoms with Crippen LogP contribution in [0, 0.1) is 47.9 Å². The highest BCUT2D eigenvalue weighted by molar-refractivity contribution is 9.13. The fourth-order valence-corrected chi connectivity index (χ4v) is 5.12. The summed E-state index contributed by atoms with van der Waals surface area (Å²) in [4.78, 5) is 0. The zero-order valence-corrected chi connectivity index (χ0v) is 30.0. The summed E-state index contributed by atoms with van der Waals surface area (Å²) >= 11 is 10.1. The molecule has 6 rings (SSSR count). The number of rotatable bonds is 0. The Morgan fingerprint density at radius 3 is 1.19 bits per heavy atom. The SMILES string of the molecule is Brc1ccc(Br)c(Br)c1.C#Cc1ccccc1.C(#Cc1ccc(C#Cc2ccccc2)c(C#Cc2ccccc2)c1)c1ccccc1. The summed E-state index contributed by atoms with van der Waals surface area (Å²) in [5.41, 5.74) is 6.57. The van der Waals surface area contributed by atoms with E-state index >= 15 is 0 Å². The van der Waals surface area contributed by atoms with Crippen LogP contribution in [0.4, 0.5) is 0 Å². The van der Waals surface area contributed by atoms with Gasteiger partial charge in [-0.15, -0.1) is 6.42 Å². The van der Waals surface area contributed by atoms with Gasteiger partial charge < -0.3 is 0 Å². The van der Waals surface area contributed by atoms with Gasteiger partial charge in [0.2, 0.25) is 0 Å². The van der Waals surface area contributed by atoms with Gasteiger partial charge in [-0.2, -0.15) is 0 Å². The monoisotopic (exact) mass is 792 g/mol. The molecule has 0 spiro atoms. The third kappa shape index (κ3) is 12.7. The van der Waals surface area contributed by atoms with E-state index < -0.39 is 0 Å². The van der Waals surface area contributed by atoms with Crippen molar-refractivity contribution in [3.8, 4) is 47.9 Å². The molecule has 0 aromatic heterocycles. The minimum absolute atomic E-state index is 0.877. The first kappa shape index (κ1) is 34.9. The second kappa shape index (κ2) is 19.5. The third-order valence-electron chi connectivity index (χ3n) is 6.20. The molecule has 0 aliphatic heterocycles. The van der Waals surface area contributed by atoms with Gasteiger partial charge in [0.05, 0.1) is 0 Å². The molecule has 3 heteroatoms. The molecule has 0 radical (unpaired) electrons. The summed E-state index contributed by atoms with van der Waals surface area (Å²) in [6.45, 7) is 0. The van der Waals surface area contributed by atoms with Crippen molar-refractivity contribution in [3.05, 3.63) is 210 Å². The van der Waals surface area contributed by atoms with Gasteiger partial charge in [-0.05, 0) is 117 Å². The first-order valence-electron chi connectivity index (χ1n) is 14.5. The topological polar surface area (TPSA) is 0 Å². The molecule has 0 aliphatic rings. The Labute approximate surface area is 303 Å². The van der Waals surface area contributed by atoms with Gasteiger partial charge in [-0.25, -0.2) is 0 Å². The largest absolute Gasteiger partial charge is 0.115 e. The van der Waals surface area contributed by atoms with E-state index in [1.807, 2.05) is 158 Å². The highest BCUT2D eigenvalue weighted by Gasteiger charge is 2.00. The van der Waals surface area contributed by atoms with Crippen LogP contribution in [0.15, 0.2) is 171 Å². The van der Waals surface area contributed by atoms with Gasteiger partial charge in [0.15, 0.2) is 0 Å². The van der Waals surface area contributed by atoms with E-state index in [0.717, 1.165) is 52.4 Å². The maximum atomic E-state index is 5.10. The fourth-order valence-electron chi connectivity index (χ4n) is 3.83. The van der Waals surface area contributed by atoms with Gasteiger partial charge in [0.1, 0.15) is 0 Å². The van der Waals surface area contributed by atoms with E-state index in [4.69, 9.17) is 6.42 Å². The second-order valence-electron chi connectivity index (χ2n) is 9.68. The van der Waals surface area contributed by atoms with Gasteiger partial charge in [-0.3, -0.25) is 0 Å². The molecule has 0 bridgehead atoms. The van der Waals surface area contributed by atoms with Crippen LogP contribution in [0.2, 0.25) is 0 Å². The lowest BCUT2D eigenvalue weighted by Gasteiger charge is -1.99. The van der Waals surface area contributed by atoms with Crippen LogP contribution in [0.25, 0.3) is 0 Å². The highest BCUT2D eigenvalue weighted by Crippen LogP contribution is 2.25. The smallest absolute Gasteiger partial charge is 0.0418 e. The van der Waals surface area contributed by atoms with Gasteiger partial charge >= 0.3 is 0 Å². The molecule has 0 nitrogen and oxygen atoms in total. The predicted octanol–water partition coefficient (Wildman–Crippen LogP) is 11.5. The number of terminal acetylenes is 1. The Balaban J connectivity index is 0.000000238. The van der Waals surface area contributed by atoms with Crippen LogP contribution in [0.5, 0.6) is 0 Å². The van der Waals surface area contributed by atoms with Crippen molar-refractivity contribution in [2.45, 2.75) is 0 Å². The van der Waals surface area contributed by atoms with Crippen LogP contribution in [0.3, 0.4) is 0 Å². The number of hydrogen-bond donors (Lipinski definition) is 0. The fraction of sp³-hybridized carbons (Fsp3) is 0. The van der Waals surface area contributed by atoms with Crippen molar-refractivity contribution in [1.82, 2.24) is 0 Å². The molecule has 0 atom stereocenters. The summed E-state index contributed by atoms with van der Waals surface area (Å²) < 4.78 is 3.22. The van der Waals surface area contributed by atoms with E-state index in [-0.39, 0.29) is 0 Å². The van der Waals surface area contributed by atoms with E-state index in [9.17, 15) is 0 Å². The van der Waals surface area contributed by atoms with Crippen LogP contribution in [-0.4, -0.2) is 0 Å². The molecule has 0 amide bonds. The molecule has 6 aromatic rings. The lowest BCUT2D eigenvalue weighted by Crippen LogP contribution is -1.87. The molecule has 0 N–H and O–H groups in total. The van der Waals surface area contributed by atoms with Crippen molar-refractivity contribution >= 4 is 47.8 Å². The van der Waals surface area contributed by atoms with Gasteiger partial charge in [0, 0.05) is 52.4 Å². The average Bonchev–Trinajstić information content (AvgIpc) is 3.13. The molecular formula is C44H27Br3. The normalized spacial score (nSPS) is 9.06. The summed E-state index contributed by atoms with van der Waals surface area (Å²) in [5, 5.41) is 0. The minimum Gasteiger partial charge on any atom is -0.115 e. The van der Waals surface area contributed by atoms with Gasteiger partial charge in [-0.1, -0.05) is 130 Å². The Kier molecular flexibility index (Phi) is 14.5. The number of benzene rings is 6. The van der Waals surface area contributed by atoms with Crippen molar-refractivity contribution in [2.24, 2.45) is 0 Å². The van der Waals surface area contributed by atoms with Crippen molar-refractivity contribution in [1.29, 1.82) is 0 Å². The molecule has 6 aromatic carbocycles. The maximum Gasteiger partial charge on any atom is 0.0418 e. The zero-order valence-electron chi connectivity index (χ0n) is 25.2. The van der Waals surface area contributed by atoms with E-state index in [2.05, 4.69) is 89.2 Å². The lowest BCUT2D eigenvalue weighted by atomic mass is 10.0. The Morgan fingerprint density at radius 2 is 0.766 bits per heavy atom. The maximum absolute atomic E-state index is 5.10. The molecule has 224 valence electrons. The number of halogens is 3. The summed E-state index contributed by atoms with van der Waals surface area (Å²) in [5.74, 6) is 22.0. The van der Waals surface area contributed by atoms with Crippen molar-refractivity contribution in [3.63, 3.8) is 0 Å². The lowest BCUT2D eigenvalue weighted by molar-refractivity contribution is 1.54. The third-order valence-corrected chi connectivity index (χ3v) is 8.57. The molecule has 0 unspecified atom stereocenters. The predicted molar refractivity (Wildman–Crippen MR) is 208 cm³/mol. The van der Waals surface area contributed by atoms with Crippen LogP contribution >= 0.6 is 47.8 Å². The highest BCUT2D eigenvalue weighted by atomic mass is 79.9. The first-order valence-corrected chi connectivity index (χ1v) is 16.9. The molecule has 0 aliphatic carbocycles. The van der Waals surface area contributed by atoms with Gasteiger partial charge in [0.25, 0.3) is 0 Å². The van der Waals surface area contributed by atoms with Crippen LogP contribution in [-0.2, 0) is 0 Å². The molecular weight excluding hydrogens is 768 g/mol. The average molecular weight is 795 g/mol. The second-order valence-corrected chi connectivity index (χ2v) is 12.3. The zero-order chi connectivity index (χ0) is 33.1. The van der Waals surface area contributed by atoms with Crippen molar-refractivity contribution in [2.75, 3.05) is 0 Å². The van der Waals surface area contributed by atoms with E-state index in [1.165, 1.54) is 0 Å². The number of hydrogen-bond acceptors (Lipinski definition) is 0. The van der Waals surface area contributed by atoms with Crippen LogP contribution < -0.4 is 0 Å². The Bertz CT molecular complexity index is 2110. The Morgan fingerprint density at radius 1 is 0.340 bits per heavy atom.